The van der Waals surface area contributed by atoms with Crippen LogP contribution in [0, 0.1) is 0 Å². The predicted octanol–water partition coefficient (Wildman–Crippen LogP) is 1.41. The molecule has 1 rings (SSSR count). The SMILES string of the molecule is COCc1cc(OC(=O)N(C)C)nc(SC)n1. The van der Waals surface area contributed by atoms with Gasteiger partial charge in [0.05, 0.1) is 12.3 Å². The summed E-state index contributed by atoms with van der Waals surface area (Å²) in [4.78, 5) is 21.0. The van der Waals surface area contributed by atoms with Crippen LogP contribution in [-0.2, 0) is 11.3 Å². The van der Waals surface area contributed by atoms with Gasteiger partial charge in [-0.05, 0) is 6.26 Å². The van der Waals surface area contributed by atoms with Crippen molar-refractivity contribution in [1.29, 1.82) is 0 Å². The van der Waals surface area contributed by atoms with Crippen LogP contribution < -0.4 is 4.74 Å². The summed E-state index contributed by atoms with van der Waals surface area (Å²) in [6, 6.07) is 1.59. The Bertz CT molecular complexity index is 398. The molecule has 0 unspecified atom stereocenters. The summed E-state index contributed by atoms with van der Waals surface area (Å²) in [5.41, 5.74) is 0.674. The zero-order valence-electron chi connectivity index (χ0n) is 10.3. The van der Waals surface area contributed by atoms with Gasteiger partial charge in [0.15, 0.2) is 5.16 Å². The number of hydrogen-bond acceptors (Lipinski definition) is 6. The van der Waals surface area contributed by atoms with Crippen LogP contribution in [0.2, 0.25) is 0 Å². The minimum Gasteiger partial charge on any atom is -0.391 e. The lowest BCUT2D eigenvalue weighted by Gasteiger charge is -2.11. The van der Waals surface area contributed by atoms with Gasteiger partial charge in [-0.15, -0.1) is 0 Å². The maximum atomic E-state index is 11.4. The summed E-state index contributed by atoms with van der Waals surface area (Å²) in [7, 11) is 4.79. The number of hydrogen-bond donors (Lipinski definition) is 0. The molecule has 0 saturated heterocycles. The van der Waals surface area contributed by atoms with E-state index in [9.17, 15) is 4.79 Å². The minimum atomic E-state index is -0.473. The van der Waals surface area contributed by atoms with Crippen LogP contribution >= 0.6 is 11.8 Å². The van der Waals surface area contributed by atoms with Gasteiger partial charge < -0.3 is 14.4 Å². The minimum absolute atomic E-state index is 0.232. The van der Waals surface area contributed by atoms with Crippen molar-refractivity contribution in [2.24, 2.45) is 0 Å². The standard InChI is InChI=1S/C10H15N3O3S/c1-13(2)10(14)16-8-5-7(6-15-3)11-9(12-8)17-4/h5H,6H2,1-4H3. The number of amides is 1. The third-order valence-corrected chi connectivity index (χ3v) is 2.31. The maximum absolute atomic E-state index is 11.4. The quantitative estimate of drug-likeness (QED) is 0.600. The second-order valence-corrected chi connectivity index (χ2v) is 4.15. The molecule has 0 fully saturated rings. The summed E-state index contributed by atoms with van der Waals surface area (Å²) in [5.74, 6) is 0.232. The zero-order chi connectivity index (χ0) is 12.8. The highest BCUT2D eigenvalue weighted by molar-refractivity contribution is 7.98. The number of carbonyl (C=O) groups is 1. The Labute approximate surface area is 104 Å². The average molecular weight is 257 g/mol. The van der Waals surface area contributed by atoms with E-state index in [0.29, 0.717) is 17.5 Å². The van der Waals surface area contributed by atoms with Crippen molar-refractivity contribution in [2.45, 2.75) is 11.8 Å². The molecule has 0 saturated carbocycles. The lowest BCUT2D eigenvalue weighted by Crippen LogP contribution is -2.25. The van der Waals surface area contributed by atoms with Gasteiger partial charge in [0.2, 0.25) is 5.88 Å². The second kappa shape index (κ2) is 6.41. The lowest BCUT2D eigenvalue weighted by atomic mass is 10.4. The van der Waals surface area contributed by atoms with E-state index in [0.717, 1.165) is 0 Å². The van der Waals surface area contributed by atoms with Crippen molar-refractivity contribution in [2.75, 3.05) is 27.5 Å². The van der Waals surface area contributed by atoms with Gasteiger partial charge in [0, 0.05) is 27.3 Å². The molecule has 1 amide bonds. The number of rotatable bonds is 4. The Kier molecular flexibility index (Phi) is 5.17. The first-order valence-electron chi connectivity index (χ1n) is 4.87. The first-order valence-corrected chi connectivity index (χ1v) is 6.09. The van der Waals surface area contributed by atoms with E-state index < -0.39 is 6.09 Å². The van der Waals surface area contributed by atoms with E-state index in [2.05, 4.69) is 9.97 Å². The van der Waals surface area contributed by atoms with Crippen LogP contribution in [0.25, 0.3) is 0 Å². The van der Waals surface area contributed by atoms with Crippen LogP contribution in [-0.4, -0.2) is 48.4 Å². The van der Waals surface area contributed by atoms with Crippen molar-refractivity contribution in [3.63, 3.8) is 0 Å². The summed E-state index contributed by atoms with van der Waals surface area (Å²) in [6.07, 6.45) is 1.38. The first kappa shape index (κ1) is 13.7. The molecule has 1 heterocycles. The lowest BCUT2D eigenvalue weighted by molar-refractivity contribution is 0.167. The Morgan fingerprint density at radius 2 is 2.18 bits per heavy atom. The van der Waals surface area contributed by atoms with Gasteiger partial charge in [-0.3, -0.25) is 0 Å². The van der Waals surface area contributed by atoms with E-state index in [1.807, 2.05) is 6.26 Å². The number of nitrogens with zero attached hydrogens (tertiary/aromatic N) is 3. The fourth-order valence-electron chi connectivity index (χ4n) is 0.995. The van der Waals surface area contributed by atoms with Crippen LogP contribution in [0.3, 0.4) is 0 Å². The normalized spacial score (nSPS) is 10.1. The summed E-state index contributed by atoms with van der Waals surface area (Å²) >= 11 is 1.38. The van der Waals surface area contributed by atoms with Crippen molar-refractivity contribution < 1.29 is 14.3 Å². The van der Waals surface area contributed by atoms with Crippen molar-refractivity contribution in [3.05, 3.63) is 11.8 Å². The molecule has 0 aliphatic heterocycles. The van der Waals surface area contributed by atoms with E-state index in [4.69, 9.17) is 9.47 Å². The first-order chi connectivity index (χ1) is 8.06. The molecule has 0 bridgehead atoms. The molecule has 94 valence electrons. The monoisotopic (exact) mass is 257 g/mol. The predicted molar refractivity (Wildman–Crippen MR) is 64.2 cm³/mol. The van der Waals surface area contributed by atoms with Gasteiger partial charge in [-0.1, -0.05) is 11.8 Å². The van der Waals surface area contributed by atoms with Crippen molar-refractivity contribution in [1.82, 2.24) is 14.9 Å². The Balaban J connectivity index is 2.90. The van der Waals surface area contributed by atoms with Gasteiger partial charge >= 0.3 is 6.09 Å². The van der Waals surface area contributed by atoms with Crippen LogP contribution in [0.4, 0.5) is 4.79 Å². The molecular formula is C10H15N3O3S. The van der Waals surface area contributed by atoms with Crippen LogP contribution in [0.5, 0.6) is 5.88 Å². The third kappa shape index (κ3) is 4.20. The van der Waals surface area contributed by atoms with E-state index >= 15 is 0 Å². The number of aromatic nitrogens is 2. The maximum Gasteiger partial charge on any atom is 0.416 e. The molecule has 7 heteroatoms. The number of carbonyl (C=O) groups excluding carboxylic acids is 1. The molecule has 0 spiro atoms. The largest absolute Gasteiger partial charge is 0.416 e. The molecule has 0 aliphatic carbocycles. The fourth-order valence-corrected chi connectivity index (χ4v) is 1.39. The molecule has 0 radical (unpaired) electrons. The molecule has 6 nitrogen and oxygen atoms in total. The highest BCUT2D eigenvalue weighted by atomic mass is 32.2. The smallest absolute Gasteiger partial charge is 0.391 e. The number of methoxy groups -OCH3 is 1. The summed E-state index contributed by atoms with van der Waals surface area (Å²) in [5, 5.41) is 0.543. The number of ether oxygens (including phenoxy) is 2. The van der Waals surface area contributed by atoms with Gasteiger partial charge in [-0.25, -0.2) is 9.78 Å². The van der Waals surface area contributed by atoms with E-state index in [-0.39, 0.29) is 5.88 Å². The molecular weight excluding hydrogens is 242 g/mol. The van der Waals surface area contributed by atoms with Gasteiger partial charge in [0.1, 0.15) is 0 Å². The Morgan fingerprint density at radius 3 is 2.71 bits per heavy atom. The topological polar surface area (TPSA) is 64.6 Å². The molecule has 0 N–H and O–H groups in total. The molecule has 17 heavy (non-hydrogen) atoms. The average Bonchev–Trinajstić information content (AvgIpc) is 2.28. The van der Waals surface area contributed by atoms with Crippen molar-refractivity contribution >= 4 is 17.9 Å². The summed E-state index contributed by atoms with van der Waals surface area (Å²) in [6.45, 7) is 0.350. The van der Waals surface area contributed by atoms with E-state index in [1.54, 1.807) is 27.3 Å². The van der Waals surface area contributed by atoms with E-state index in [1.165, 1.54) is 16.7 Å². The fraction of sp³-hybridized carbons (Fsp3) is 0.500. The molecule has 0 atom stereocenters. The molecule has 0 aliphatic rings. The van der Waals surface area contributed by atoms with Crippen LogP contribution in [0.15, 0.2) is 11.2 Å². The number of thioether (sulfide) groups is 1. The zero-order valence-corrected chi connectivity index (χ0v) is 11.1. The highest BCUT2D eigenvalue weighted by Gasteiger charge is 2.11. The van der Waals surface area contributed by atoms with Gasteiger partial charge in [-0.2, -0.15) is 4.98 Å². The third-order valence-electron chi connectivity index (χ3n) is 1.77. The van der Waals surface area contributed by atoms with Crippen LogP contribution in [0.1, 0.15) is 5.69 Å². The second-order valence-electron chi connectivity index (χ2n) is 3.38. The highest BCUT2D eigenvalue weighted by Crippen LogP contribution is 2.16. The van der Waals surface area contributed by atoms with Crippen molar-refractivity contribution in [3.8, 4) is 5.88 Å². The van der Waals surface area contributed by atoms with Gasteiger partial charge in [0.25, 0.3) is 0 Å². The Hall–Kier alpha value is -1.34. The molecule has 1 aromatic heterocycles. The molecule has 1 aromatic rings. The summed E-state index contributed by atoms with van der Waals surface area (Å²) < 4.78 is 10.1. The molecule has 0 aromatic carbocycles. The Morgan fingerprint density at radius 1 is 1.47 bits per heavy atom.